The molecular formula is C16H17ClN2OS2. The SMILES string of the molecule is O=C(Nc1ccccc1Cl)N1CCS[C@H](c2cccs2)CC1. The number of urea groups is 1. The van der Waals surface area contributed by atoms with E-state index in [1.165, 1.54) is 4.88 Å². The van der Waals surface area contributed by atoms with Crippen molar-refractivity contribution in [2.75, 3.05) is 24.2 Å². The Morgan fingerprint density at radius 2 is 2.09 bits per heavy atom. The summed E-state index contributed by atoms with van der Waals surface area (Å²) in [5.41, 5.74) is 0.667. The fourth-order valence-electron chi connectivity index (χ4n) is 2.43. The Morgan fingerprint density at radius 3 is 2.86 bits per heavy atom. The van der Waals surface area contributed by atoms with Crippen LogP contribution in [-0.2, 0) is 0 Å². The molecule has 1 aromatic heterocycles. The zero-order chi connectivity index (χ0) is 15.4. The number of hydrogen-bond donors (Lipinski definition) is 1. The van der Waals surface area contributed by atoms with E-state index in [0.29, 0.717) is 16.0 Å². The van der Waals surface area contributed by atoms with E-state index in [0.717, 1.165) is 25.3 Å². The molecule has 1 aliphatic heterocycles. The van der Waals surface area contributed by atoms with Crippen LogP contribution < -0.4 is 5.32 Å². The van der Waals surface area contributed by atoms with Crippen LogP contribution in [0.2, 0.25) is 5.02 Å². The molecule has 0 saturated carbocycles. The summed E-state index contributed by atoms with van der Waals surface area (Å²) in [6, 6.07) is 11.5. The molecule has 1 atom stereocenters. The summed E-state index contributed by atoms with van der Waals surface area (Å²) < 4.78 is 0. The topological polar surface area (TPSA) is 32.3 Å². The number of carbonyl (C=O) groups is 1. The van der Waals surface area contributed by atoms with Gasteiger partial charge in [0.15, 0.2) is 0 Å². The third-order valence-electron chi connectivity index (χ3n) is 3.60. The van der Waals surface area contributed by atoms with Crippen molar-refractivity contribution in [1.29, 1.82) is 0 Å². The van der Waals surface area contributed by atoms with E-state index >= 15 is 0 Å². The molecule has 3 nitrogen and oxygen atoms in total. The van der Waals surface area contributed by atoms with Gasteiger partial charge in [0.1, 0.15) is 0 Å². The number of para-hydroxylation sites is 1. The van der Waals surface area contributed by atoms with Crippen LogP contribution in [0.4, 0.5) is 10.5 Å². The fourth-order valence-corrected chi connectivity index (χ4v) is 4.85. The Hall–Kier alpha value is -1.17. The number of nitrogens with zero attached hydrogens (tertiary/aromatic N) is 1. The van der Waals surface area contributed by atoms with Gasteiger partial charge in [0, 0.05) is 29.0 Å². The van der Waals surface area contributed by atoms with Gasteiger partial charge in [-0.25, -0.2) is 4.79 Å². The molecule has 1 aliphatic rings. The van der Waals surface area contributed by atoms with Gasteiger partial charge in [0.2, 0.25) is 0 Å². The van der Waals surface area contributed by atoms with Gasteiger partial charge in [-0.15, -0.1) is 11.3 Å². The average molecular weight is 353 g/mol. The molecule has 0 radical (unpaired) electrons. The lowest BCUT2D eigenvalue weighted by Crippen LogP contribution is -2.36. The van der Waals surface area contributed by atoms with Crippen molar-refractivity contribution in [1.82, 2.24) is 4.90 Å². The molecule has 0 aliphatic carbocycles. The maximum Gasteiger partial charge on any atom is 0.321 e. The number of carbonyl (C=O) groups excluding carboxylic acids is 1. The van der Waals surface area contributed by atoms with Crippen LogP contribution in [0.1, 0.15) is 16.5 Å². The highest BCUT2D eigenvalue weighted by molar-refractivity contribution is 7.99. The van der Waals surface area contributed by atoms with E-state index in [-0.39, 0.29) is 6.03 Å². The van der Waals surface area contributed by atoms with Crippen LogP contribution in [-0.4, -0.2) is 29.8 Å². The highest BCUT2D eigenvalue weighted by atomic mass is 35.5. The molecule has 2 heterocycles. The first kappa shape index (κ1) is 15.7. The van der Waals surface area contributed by atoms with Gasteiger partial charge in [-0.1, -0.05) is 29.8 Å². The van der Waals surface area contributed by atoms with Crippen molar-refractivity contribution in [3.05, 3.63) is 51.7 Å². The number of halogens is 1. The standard InChI is InChI=1S/C16H17ClN2OS2/c17-12-4-1-2-5-13(12)18-16(20)19-8-7-15(22-11-9-19)14-6-3-10-21-14/h1-6,10,15H,7-9,11H2,(H,18,20)/t15-/m0/s1. The van der Waals surface area contributed by atoms with E-state index in [4.69, 9.17) is 11.6 Å². The smallest absolute Gasteiger partial charge is 0.321 e. The Labute approximate surface area is 143 Å². The number of thiophene rings is 1. The van der Waals surface area contributed by atoms with Gasteiger partial charge in [-0.05, 0) is 30.0 Å². The van der Waals surface area contributed by atoms with Crippen LogP contribution in [0.3, 0.4) is 0 Å². The largest absolute Gasteiger partial charge is 0.324 e. The molecule has 1 fully saturated rings. The minimum Gasteiger partial charge on any atom is -0.324 e. The van der Waals surface area contributed by atoms with Crippen molar-refractivity contribution >= 4 is 46.4 Å². The van der Waals surface area contributed by atoms with Crippen LogP contribution in [0.25, 0.3) is 0 Å². The molecule has 22 heavy (non-hydrogen) atoms. The Kier molecular flexibility index (Phi) is 5.28. The highest BCUT2D eigenvalue weighted by Gasteiger charge is 2.22. The summed E-state index contributed by atoms with van der Waals surface area (Å²) in [7, 11) is 0. The van der Waals surface area contributed by atoms with Crippen molar-refractivity contribution in [2.45, 2.75) is 11.7 Å². The Morgan fingerprint density at radius 1 is 1.23 bits per heavy atom. The zero-order valence-electron chi connectivity index (χ0n) is 12.0. The molecule has 1 N–H and O–H groups in total. The van der Waals surface area contributed by atoms with Crippen LogP contribution in [0.5, 0.6) is 0 Å². The monoisotopic (exact) mass is 352 g/mol. The third kappa shape index (κ3) is 3.77. The molecule has 116 valence electrons. The molecule has 0 spiro atoms. The normalized spacial score (nSPS) is 18.8. The van der Waals surface area contributed by atoms with Gasteiger partial charge < -0.3 is 10.2 Å². The molecule has 6 heteroatoms. The zero-order valence-corrected chi connectivity index (χ0v) is 14.4. The Bertz CT molecular complexity index is 633. The van der Waals surface area contributed by atoms with E-state index in [1.54, 1.807) is 17.4 Å². The third-order valence-corrected chi connectivity index (χ3v) is 6.38. The predicted molar refractivity (Wildman–Crippen MR) is 96.2 cm³/mol. The lowest BCUT2D eigenvalue weighted by molar-refractivity contribution is 0.215. The van der Waals surface area contributed by atoms with Crippen LogP contribution in [0, 0.1) is 0 Å². The first-order chi connectivity index (χ1) is 10.7. The van der Waals surface area contributed by atoms with Crippen molar-refractivity contribution in [3.8, 4) is 0 Å². The van der Waals surface area contributed by atoms with E-state index < -0.39 is 0 Å². The molecule has 1 saturated heterocycles. The fraction of sp³-hybridized carbons (Fsp3) is 0.312. The lowest BCUT2D eigenvalue weighted by atomic mass is 10.2. The number of nitrogens with one attached hydrogen (secondary N) is 1. The molecular weight excluding hydrogens is 336 g/mol. The first-order valence-corrected chi connectivity index (χ1v) is 9.50. The minimum atomic E-state index is -0.0690. The van der Waals surface area contributed by atoms with E-state index in [2.05, 4.69) is 22.8 Å². The molecule has 1 aromatic carbocycles. The highest BCUT2D eigenvalue weighted by Crippen LogP contribution is 2.36. The van der Waals surface area contributed by atoms with Gasteiger partial charge in [0.25, 0.3) is 0 Å². The summed E-state index contributed by atoms with van der Waals surface area (Å²) in [5, 5.41) is 6.08. The molecule has 0 bridgehead atoms. The van der Waals surface area contributed by atoms with Crippen molar-refractivity contribution < 1.29 is 4.79 Å². The summed E-state index contributed by atoms with van der Waals surface area (Å²) in [4.78, 5) is 15.7. The average Bonchev–Trinajstić information content (AvgIpc) is 2.94. The van der Waals surface area contributed by atoms with Crippen LogP contribution in [0.15, 0.2) is 41.8 Å². The van der Waals surface area contributed by atoms with Gasteiger partial charge >= 0.3 is 6.03 Å². The summed E-state index contributed by atoms with van der Waals surface area (Å²) in [6.45, 7) is 1.54. The lowest BCUT2D eigenvalue weighted by Gasteiger charge is -2.21. The second-order valence-corrected chi connectivity index (χ2v) is 7.76. The number of rotatable bonds is 2. The van der Waals surface area contributed by atoms with Gasteiger partial charge in [-0.3, -0.25) is 0 Å². The molecule has 0 unspecified atom stereocenters. The molecule has 2 aromatic rings. The summed E-state index contributed by atoms with van der Waals surface area (Å²) in [5.74, 6) is 0.957. The number of thioether (sulfide) groups is 1. The number of anilines is 1. The van der Waals surface area contributed by atoms with Crippen molar-refractivity contribution in [3.63, 3.8) is 0 Å². The second-order valence-electron chi connectivity index (χ2n) is 5.06. The van der Waals surface area contributed by atoms with Gasteiger partial charge in [0.05, 0.1) is 10.7 Å². The number of amides is 2. The molecule has 2 amide bonds. The number of hydrogen-bond acceptors (Lipinski definition) is 3. The maximum atomic E-state index is 12.4. The Balaban J connectivity index is 1.61. The van der Waals surface area contributed by atoms with Crippen LogP contribution >= 0.6 is 34.7 Å². The van der Waals surface area contributed by atoms with E-state index in [1.807, 2.05) is 34.9 Å². The molecule has 3 rings (SSSR count). The van der Waals surface area contributed by atoms with Gasteiger partial charge in [-0.2, -0.15) is 11.8 Å². The van der Waals surface area contributed by atoms with Crippen molar-refractivity contribution in [2.24, 2.45) is 0 Å². The maximum absolute atomic E-state index is 12.4. The summed E-state index contributed by atoms with van der Waals surface area (Å²) in [6.07, 6.45) is 0.987. The second kappa shape index (κ2) is 7.40. The predicted octanol–water partition coefficient (Wildman–Crippen LogP) is 5.11. The quantitative estimate of drug-likeness (QED) is 0.814. The summed E-state index contributed by atoms with van der Waals surface area (Å²) >= 11 is 9.82. The minimum absolute atomic E-state index is 0.0690. The first-order valence-electron chi connectivity index (χ1n) is 7.19. The number of benzene rings is 1. The van der Waals surface area contributed by atoms with E-state index in [9.17, 15) is 4.79 Å².